The van der Waals surface area contributed by atoms with Crippen molar-refractivity contribution in [2.75, 3.05) is 6.54 Å². The minimum Gasteiger partial charge on any atom is -0.488 e. The van der Waals surface area contributed by atoms with Crippen molar-refractivity contribution in [1.29, 1.82) is 0 Å². The van der Waals surface area contributed by atoms with Crippen molar-refractivity contribution < 1.29 is 14.3 Å². The molecule has 1 aromatic carbocycles. The van der Waals surface area contributed by atoms with Gasteiger partial charge in [-0.3, -0.25) is 9.59 Å². The summed E-state index contributed by atoms with van der Waals surface area (Å²) < 4.78 is 5.89. The van der Waals surface area contributed by atoms with Crippen molar-refractivity contribution in [3.63, 3.8) is 0 Å². The Morgan fingerprint density at radius 1 is 1.29 bits per heavy atom. The van der Waals surface area contributed by atoms with Gasteiger partial charge in [-0.25, -0.2) is 4.98 Å². The molecular weight excluding hydrogens is 326 g/mol. The summed E-state index contributed by atoms with van der Waals surface area (Å²) in [5.74, 6) is -0.00713. The molecule has 1 aliphatic rings. The maximum absolute atomic E-state index is 12.8. The molecule has 6 nitrogen and oxygen atoms in total. The Hall–Kier alpha value is -2.41. The Labute approximate surface area is 144 Å². The van der Waals surface area contributed by atoms with Crippen LogP contribution in [0, 0.1) is 13.8 Å². The summed E-state index contributed by atoms with van der Waals surface area (Å²) in [6, 6.07) is 8.69. The number of aryl methyl sites for hydroxylation is 2. The zero-order valence-electron chi connectivity index (χ0n) is 13.6. The molecule has 1 fully saturated rings. The molecule has 1 aromatic heterocycles. The van der Waals surface area contributed by atoms with Gasteiger partial charge in [0.1, 0.15) is 22.8 Å². The monoisotopic (exact) mass is 345 g/mol. The van der Waals surface area contributed by atoms with Crippen molar-refractivity contribution in [1.82, 2.24) is 9.88 Å². The lowest BCUT2D eigenvalue weighted by molar-refractivity contribution is -0.121. The molecule has 7 heteroatoms. The molecule has 0 spiro atoms. The third-order valence-electron chi connectivity index (χ3n) is 4.00. The number of thiazole rings is 1. The van der Waals surface area contributed by atoms with E-state index in [2.05, 4.69) is 4.98 Å². The van der Waals surface area contributed by atoms with E-state index in [1.165, 1.54) is 16.2 Å². The van der Waals surface area contributed by atoms with Gasteiger partial charge in [-0.15, -0.1) is 11.3 Å². The third kappa shape index (κ3) is 3.26. The summed E-state index contributed by atoms with van der Waals surface area (Å²) in [5, 5.41) is 0.822. The third-order valence-corrected chi connectivity index (χ3v) is 5.06. The van der Waals surface area contributed by atoms with Crippen molar-refractivity contribution in [3.8, 4) is 5.75 Å². The van der Waals surface area contributed by atoms with Crippen LogP contribution in [-0.4, -0.2) is 40.4 Å². The van der Waals surface area contributed by atoms with Crippen LogP contribution in [0.25, 0.3) is 0 Å². The van der Waals surface area contributed by atoms with Gasteiger partial charge in [0.2, 0.25) is 5.91 Å². The van der Waals surface area contributed by atoms with Crippen LogP contribution in [0.4, 0.5) is 0 Å². The lowest BCUT2D eigenvalue weighted by atomic mass is 10.2. The Bertz CT molecular complexity index is 760. The Morgan fingerprint density at radius 3 is 2.58 bits per heavy atom. The first-order valence-electron chi connectivity index (χ1n) is 7.71. The number of amides is 2. The molecule has 0 aliphatic carbocycles. The number of likely N-dealkylation sites (tertiary alicyclic amines) is 1. The maximum Gasteiger partial charge on any atom is 0.266 e. The summed E-state index contributed by atoms with van der Waals surface area (Å²) >= 11 is 1.33. The Balaban J connectivity index is 1.79. The van der Waals surface area contributed by atoms with E-state index in [0.717, 1.165) is 5.01 Å². The number of hydrogen-bond acceptors (Lipinski definition) is 5. The highest BCUT2D eigenvalue weighted by Crippen LogP contribution is 2.27. The first-order valence-corrected chi connectivity index (χ1v) is 8.53. The number of aromatic nitrogens is 1. The van der Waals surface area contributed by atoms with Gasteiger partial charge in [-0.1, -0.05) is 18.2 Å². The standard InChI is InChI=1S/C17H19N3O3S/c1-10-15(24-11(2)19-10)17(22)20-9-13(8-14(20)16(18)21)23-12-6-4-3-5-7-12/h3-7,13-14H,8-9H2,1-2H3,(H2,18,21)/t13-,14-/m0/s1. The highest BCUT2D eigenvalue weighted by molar-refractivity contribution is 7.13. The molecule has 0 radical (unpaired) electrons. The molecule has 1 saturated heterocycles. The molecule has 2 aromatic rings. The van der Waals surface area contributed by atoms with Gasteiger partial charge in [0.05, 0.1) is 17.2 Å². The molecule has 0 bridgehead atoms. The molecule has 0 saturated carbocycles. The summed E-state index contributed by atoms with van der Waals surface area (Å²) in [4.78, 5) is 31.0. The first-order chi connectivity index (χ1) is 11.5. The fraction of sp³-hybridized carbons (Fsp3) is 0.353. The van der Waals surface area contributed by atoms with Crippen LogP contribution < -0.4 is 10.5 Å². The zero-order valence-corrected chi connectivity index (χ0v) is 14.4. The van der Waals surface area contributed by atoms with E-state index >= 15 is 0 Å². The van der Waals surface area contributed by atoms with E-state index in [1.54, 1.807) is 6.92 Å². The summed E-state index contributed by atoms with van der Waals surface area (Å²) in [6.07, 6.45) is 0.135. The van der Waals surface area contributed by atoms with Crippen LogP contribution in [0.15, 0.2) is 30.3 Å². The summed E-state index contributed by atoms with van der Waals surface area (Å²) in [6.45, 7) is 3.98. The van der Waals surface area contributed by atoms with E-state index in [-0.39, 0.29) is 12.0 Å². The lowest BCUT2D eigenvalue weighted by Gasteiger charge is -2.21. The predicted octanol–water partition coefficient (Wildman–Crippen LogP) is 1.91. The molecule has 24 heavy (non-hydrogen) atoms. The van der Waals surface area contributed by atoms with E-state index in [0.29, 0.717) is 29.3 Å². The Morgan fingerprint density at radius 2 is 2.00 bits per heavy atom. The number of para-hydroxylation sites is 1. The minimum atomic E-state index is -0.659. The van der Waals surface area contributed by atoms with Crippen LogP contribution in [-0.2, 0) is 4.79 Å². The van der Waals surface area contributed by atoms with Gasteiger partial charge in [0.25, 0.3) is 5.91 Å². The fourth-order valence-electron chi connectivity index (χ4n) is 2.93. The average Bonchev–Trinajstić information content (AvgIpc) is 3.11. The van der Waals surface area contributed by atoms with Gasteiger partial charge in [-0.2, -0.15) is 0 Å². The second-order valence-electron chi connectivity index (χ2n) is 5.81. The van der Waals surface area contributed by atoms with Gasteiger partial charge in [-0.05, 0) is 26.0 Å². The number of primary amides is 1. The number of carbonyl (C=O) groups is 2. The topological polar surface area (TPSA) is 85.5 Å². The number of hydrogen-bond donors (Lipinski definition) is 1. The predicted molar refractivity (Wildman–Crippen MR) is 91.1 cm³/mol. The van der Waals surface area contributed by atoms with Crippen LogP contribution in [0.2, 0.25) is 0 Å². The first kappa shape index (κ1) is 16.4. The summed E-state index contributed by atoms with van der Waals surface area (Å²) in [5.41, 5.74) is 6.18. The second kappa shape index (κ2) is 6.60. The largest absolute Gasteiger partial charge is 0.488 e. The van der Waals surface area contributed by atoms with Crippen LogP contribution in [0.5, 0.6) is 5.75 Å². The number of ether oxygens (including phenoxy) is 1. The van der Waals surface area contributed by atoms with Crippen LogP contribution in [0.3, 0.4) is 0 Å². The van der Waals surface area contributed by atoms with E-state index in [4.69, 9.17) is 10.5 Å². The molecule has 3 rings (SSSR count). The Kier molecular flexibility index (Phi) is 4.53. The van der Waals surface area contributed by atoms with E-state index < -0.39 is 11.9 Å². The van der Waals surface area contributed by atoms with Gasteiger partial charge in [0.15, 0.2) is 0 Å². The number of carbonyl (C=O) groups excluding carboxylic acids is 2. The normalized spacial score (nSPS) is 20.2. The van der Waals surface area contributed by atoms with E-state index in [1.807, 2.05) is 37.3 Å². The molecule has 2 atom stereocenters. The van der Waals surface area contributed by atoms with Gasteiger partial charge in [0, 0.05) is 6.42 Å². The number of nitrogens with zero attached hydrogens (tertiary/aromatic N) is 2. The molecular formula is C17H19N3O3S. The maximum atomic E-state index is 12.8. The number of rotatable bonds is 4. The number of benzene rings is 1. The molecule has 1 aliphatic heterocycles. The minimum absolute atomic E-state index is 0.207. The van der Waals surface area contributed by atoms with Crippen molar-refractivity contribution in [3.05, 3.63) is 45.9 Å². The molecule has 2 amide bonds. The lowest BCUT2D eigenvalue weighted by Crippen LogP contribution is -2.43. The van der Waals surface area contributed by atoms with Crippen molar-refractivity contribution >= 4 is 23.2 Å². The van der Waals surface area contributed by atoms with Crippen LogP contribution in [0.1, 0.15) is 26.8 Å². The fourth-order valence-corrected chi connectivity index (χ4v) is 3.80. The smallest absolute Gasteiger partial charge is 0.266 e. The number of nitrogens with two attached hydrogens (primary N) is 1. The molecule has 2 heterocycles. The highest BCUT2D eigenvalue weighted by atomic mass is 32.1. The second-order valence-corrected chi connectivity index (χ2v) is 7.01. The van der Waals surface area contributed by atoms with Gasteiger partial charge >= 0.3 is 0 Å². The highest BCUT2D eigenvalue weighted by Gasteiger charge is 2.41. The molecule has 126 valence electrons. The van der Waals surface area contributed by atoms with Crippen molar-refractivity contribution in [2.45, 2.75) is 32.4 Å². The molecule has 0 unspecified atom stereocenters. The van der Waals surface area contributed by atoms with Crippen LogP contribution >= 0.6 is 11.3 Å². The van der Waals surface area contributed by atoms with Crippen molar-refractivity contribution in [2.24, 2.45) is 5.73 Å². The zero-order chi connectivity index (χ0) is 17.3. The quantitative estimate of drug-likeness (QED) is 0.917. The average molecular weight is 345 g/mol. The van der Waals surface area contributed by atoms with E-state index in [9.17, 15) is 9.59 Å². The SMILES string of the molecule is Cc1nc(C)c(C(=O)N2C[C@@H](Oc3ccccc3)C[C@H]2C(N)=O)s1. The molecule has 2 N–H and O–H groups in total. The summed E-state index contributed by atoms with van der Waals surface area (Å²) in [7, 11) is 0. The van der Waals surface area contributed by atoms with Gasteiger partial charge < -0.3 is 15.4 Å².